The maximum Gasteiger partial charge on any atom is 0.420 e. The first kappa shape index (κ1) is 32.3. The van der Waals surface area contributed by atoms with Crippen molar-refractivity contribution in [1.29, 1.82) is 0 Å². The molecule has 244 valence electrons. The maximum atomic E-state index is 13.4. The number of hydrogen-bond acceptors (Lipinski definition) is 9. The standard InChI is InChI=1S/C33H28Cl2F2N4O6/c34-24-15-39-16-25(35)23(24)12-28(21-5-8-27(46-32(36)37)30(10-21)44-18-19-3-4-19)45-31(42)17-41-26-7-6-22(11-29(26)47-33(41)43)40-14-20-2-1-9-38-13-20/h1-2,5-11,13,15-16,19,28,32,40H,3-4,12,14,17-18H2/t28-/m0/s1. The molecule has 1 aliphatic carbocycles. The van der Waals surface area contributed by atoms with Crippen molar-refractivity contribution in [2.45, 2.75) is 45.1 Å². The number of nitrogens with one attached hydrogen (secondary N) is 1. The first-order chi connectivity index (χ1) is 22.7. The molecule has 0 amide bonds. The summed E-state index contributed by atoms with van der Waals surface area (Å²) in [5.41, 5.74) is 3.19. The third kappa shape index (κ3) is 8.19. The summed E-state index contributed by atoms with van der Waals surface area (Å²) in [6.45, 7) is -2.71. The van der Waals surface area contributed by atoms with Gasteiger partial charge in [0.15, 0.2) is 17.1 Å². The second-order valence-electron chi connectivity index (χ2n) is 11.0. The number of carbonyl (C=O) groups excluding carboxylic acids is 1. The van der Waals surface area contributed by atoms with Crippen LogP contribution in [0.15, 0.2) is 82.5 Å². The summed E-state index contributed by atoms with van der Waals surface area (Å²) in [5.74, 6) is -1.26. The monoisotopic (exact) mass is 684 g/mol. The zero-order chi connectivity index (χ0) is 32.9. The average molecular weight is 686 g/mol. The lowest BCUT2D eigenvalue weighted by Gasteiger charge is -2.21. The number of anilines is 1. The summed E-state index contributed by atoms with van der Waals surface area (Å²) in [4.78, 5) is 34.3. The number of aromatic nitrogens is 3. The van der Waals surface area contributed by atoms with Gasteiger partial charge in [-0.1, -0.05) is 35.3 Å². The summed E-state index contributed by atoms with van der Waals surface area (Å²) in [6.07, 6.45) is 7.20. The Morgan fingerprint density at radius 2 is 1.85 bits per heavy atom. The van der Waals surface area contributed by atoms with E-state index in [1.165, 1.54) is 30.6 Å². The quantitative estimate of drug-likeness (QED) is 0.121. The first-order valence-electron chi connectivity index (χ1n) is 14.7. The Kier molecular flexibility index (Phi) is 9.88. The number of benzene rings is 2. The van der Waals surface area contributed by atoms with Crippen molar-refractivity contribution in [2.24, 2.45) is 5.92 Å². The Labute approximate surface area is 277 Å². The zero-order valence-electron chi connectivity index (χ0n) is 24.7. The van der Waals surface area contributed by atoms with E-state index in [1.54, 1.807) is 30.6 Å². The molecule has 3 heterocycles. The van der Waals surface area contributed by atoms with E-state index in [9.17, 15) is 18.4 Å². The largest absolute Gasteiger partial charge is 0.489 e. The van der Waals surface area contributed by atoms with Gasteiger partial charge < -0.3 is 23.9 Å². The highest BCUT2D eigenvalue weighted by Crippen LogP contribution is 2.38. The highest BCUT2D eigenvalue weighted by Gasteiger charge is 2.26. The molecule has 14 heteroatoms. The van der Waals surface area contributed by atoms with Gasteiger partial charge in [0.25, 0.3) is 0 Å². The third-order valence-corrected chi connectivity index (χ3v) is 8.17. The molecule has 0 spiro atoms. The van der Waals surface area contributed by atoms with E-state index in [0.717, 1.165) is 23.0 Å². The average Bonchev–Trinajstić information content (AvgIpc) is 3.83. The molecule has 1 atom stereocenters. The second-order valence-corrected chi connectivity index (χ2v) is 11.8. The topological polar surface area (TPSA) is 118 Å². The van der Waals surface area contributed by atoms with E-state index in [4.69, 9.17) is 37.1 Å². The second kappa shape index (κ2) is 14.4. The molecule has 0 bridgehead atoms. The lowest BCUT2D eigenvalue weighted by molar-refractivity contribution is -0.150. The fourth-order valence-electron chi connectivity index (χ4n) is 4.93. The molecule has 1 N–H and O–H groups in total. The molecular formula is C33H28Cl2F2N4O6. The van der Waals surface area contributed by atoms with Gasteiger partial charge in [0, 0.05) is 49.5 Å². The number of ether oxygens (including phenoxy) is 3. The third-order valence-electron chi connectivity index (χ3n) is 7.52. The lowest BCUT2D eigenvalue weighted by atomic mass is 10.0. The van der Waals surface area contributed by atoms with Crippen LogP contribution in [0.25, 0.3) is 11.1 Å². The number of esters is 1. The van der Waals surface area contributed by atoms with Gasteiger partial charge in [0.2, 0.25) is 0 Å². The Balaban J connectivity index is 1.24. The van der Waals surface area contributed by atoms with E-state index in [-0.39, 0.29) is 33.5 Å². The Morgan fingerprint density at radius 1 is 1.04 bits per heavy atom. The predicted octanol–water partition coefficient (Wildman–Crippen LogP) is 7.22. The molecule has 0 saturated heterocycles. The SMILES string of the molecule is O=C(Cn1c(=O)oc2cc(NCc3cccnc3)ccc21)O[C@@H](Cc1c(Cl)cncc1Cl)c1ccc(OC(F)F)c(OCC2CC2)c1. The fraction of sp³-hybridized carbons (Fsp3) is 0.273. The number of alkyl halides is 2. The Morgan fingerprint density at radius 3 is 2.57 bits per heavy atom. The molecule has 3 aromatic heterocycles. The van der Waals surface area contributed by atoms with Crippen LogP contribution >= 0.6 is 23.2 Å². The lowest BCUT2D eigenvalue weighted by Crippen LogP contribution is -2.24. The van der Waals surface area contributed by atoms with Crippen molar-refractivity contribution in [2.75, 3.05) is 11.9 Å². The Hall–Kier alpha value is -4.68. The molecule has 47 heavy (non-hydrogen) atoms. The van der Waals surface area contributed by atoms with E-state index < -0.39 is 31.0 Å². The molecule has 1 saturated carbocycles. The normalized spacial score (nSPS) is 13.5. The number of fused-ring (bicyclic) bond motifs is 1. The molecule has 2 aromatic carbocycles. The van der Waals surface area contributed by atoms with Crippen LogP contribution in [0, 0.1) is 5.92 Å². The highest BCUT2D eigenvalue weighted by atomic mass is 35.5. The summed E-state index contributed by atoms with van der Waals surface area (Å²) in [5, 5.41) is 3.73. The number of pyridine rings is 2. The molecule has 0 radical (unpaired) electrons. The molecule has 1 aliphatic rings. The zero-order valence-corrected chi connectivity index (χ0v) is 26.2. The van der Waals surface area contributed by atoms with E-state index in [2.05, 4.69) is 20.0 Å². The summed E-state index contributed by atoms with van der Waals surface area (Å²) in [7, 11) is 0. The highest BCUT2D eigenvalue weighted by molar-refractivity contribution is 6.35. The smallest absolute Gasteiger partial charge is 0.420 e. The van der Waals surface area contributed by atoms with Gasteiger partial charge in [-0.2, -0.15) is 8.78 Å². The van der Waals surface area contributed by atoms with E-state index in [0.29, 0.717) is 41.4 Å². The molecular weight excluding hydrogens is 657 g/mol. The van der Waals surface area contributed by atoms with E-state index >= 15 is 0 Å². The van der Waals surface area contributed by atoms with Crippen LogP contribution in [0.4, 0.5) is 14.5 Å². The van der Waals surface area contributed by atoms with Crippen LogP contribution in [-0.2, 0) is 29.0 Å². The summed E-state index contributed by atoms with van der Waals surface area (Å²) < 4.78 is 49.3. The van der Waals surface area contributed by atoms with Crippen LogP contribution in [0.1, 0.15) is 35.6 Å². The summed E-state index contributed by atoms with van der Waals surface area (Å²) in [6, 6.07) is 13.2. The molecule has 5 aromatic rings. The minimum atomic E-state index is -3.07. The predicted molar refractivity (Wildman–Crippen MR) is 170 cm³/mol. The number of oxazole rings is 1. The van der Waals surface area contributed by atoms with Crippen LogP contribution in [0.5, 0.6) is 11.5 Å². The van der Waals surface area contributed by atoms with Crippen molar-refractivity contribution in [3.05, 3.63) is 111 Å². The minimum absolute atomic E-state index is 0.00996. The molecule has 0 aliphatic heterocycles. The van der Waals surface area contributed by atoms with Crippen molar-refractivity contribution in [3.8, 4) is 11.5 Å². The minimum Gasteiger partial charge on any atom is -0.489 e. The van der Waals surface area contributed by atoms with Crippen LogP contribution in [0.2, 0.25) is 10.0 Å². The van der Waals surface area contributed by atoms with Crippen molar-refractivity contribution in [1.82, 2.24) is 14.5 Å². The van der Waals surface area contributed by atoms with Gasteiger partial charge >= 0.3 is 18.3 Å². The fourth-order valence-corrected chi connectivity index (χ4v) is 5.45. The van der Waals surface area contributed by atoms with Crippen molar-refractivity contribution in [3.63, 3.8) is 0 Å². The molecule has 1 fully saturated rings. The van der Waals surface area contributed by atoms with Crippen LogP contribution in [0.3, 0.4) is 0 Å². The van der Waals surface area contributed by atoms with Crippen LogP contribution in [-0.4, -0.2) is 33.7 Å². The van der Waals surface area contributed by atoms with Crippen LogP contribution < -0.4 is 20.5 Å². The Bertz CT molecular complexity index is 1910. The number of nitrogens with zero attached hydrogens (tertiary/aromatic N) is 3. The van der Waals surface area contributed by atoms with Gasteiger partial charge in [0.1, 0.15) is 12.6 Å². The van der Waals surface area contributed by atoms with Crippen molar-refractivity contribution >= 4 is 46.0 Å². The molecule has 6 rings (SSSR count). The molecule has 10 nitrogen and oxygen atoms in total. The van der Waals surface area contributed by atoms with E-state index in [1.807, 2.05) is 12.1 Å². The van der Waals surface area contributed by atoms with Gasteiger partial charge in [-0.05, 0) is 65.8 Å². The number of rotatable bonds is 14. The van der Waals surface area contributed by atoms with Gasteiger partial charge in [0.05, 0.1) is 22.2 Å². The van der Waals surface area contributed by atoms with Gasteiger partial charge in [-0.25, -0.2) is 4.79 Å². The van der Waals surface area contributed by atoms with Crippen molar-refractivity contribution < 1.29 is 32.2 Å². The number of carbonyl (C=O) groups is 1. The maximum absolute atomic E-state index is 13.4. The first-order valence-corrected chi connectivity index (χ1v) is 15.4. The van der Waals surface area contributed by atoms with Gasteiger partial charge in [-0.15, -0.1) is 0 Å². The number of hydrogen-bond donors (Lipinski definition) is 1. The van der Waals surface area contributed by atoms with Gasteiger partial charge in [-0.3, -0.25) is 19.3 Å². The number of halogens is 4. The summed E-state index contributed by atoms with van der Waals surface area (Å²) >= 11 is 12.8. The molecule has 0 unspecified atom stereocenters.